The molecule has 2 aromatic carbocycles. The molecule has 0 radical (unpaired) electrons. The number of aryl methyl sites for hydroxylation is 4. The Hall–Kier alpha value is -1.95. The van der Waals surface area contributed by atoms with Crippen LogP contribution in [-0.2, 0) is 11.2 Å². The Kier molecular flexibility index (Phi) is 8.42. The number of hydrogen-bond acceptors (Lipinski definition) is 4. The standard InChI is InChI=1S/C24H31N3OS.ClH/c1-16-8-9-21-22(14-16)29-24(25-21)27(11-7-10-26(5)6)23(28)15-20-18(3)12-17(2)13-19(20)4;/h8-9,12-14H,7,10-11,15H2,1-6H3;1H. The van der Waals surface area contributed by atoms with Crippen molar-refractivity contribution in [3.63, 3.8) is 0 Å². The minimum atomic E-state index is 0. The number of rotatable bonds is 7. The quantitative estimate of drug-likeness (QED) is 0.483. The van der Waals surface area contributed by atoms with Gasteiger partial charge in [-0.15, -0.1) is 12.4 Å². The summed E-state index contributed by atoms with van der Waals surface area (Å²) >= 11 is 1.61. The van der Waals surface area contributed by atoms with Crippen LogP contribution in [0.25, 0.3) is 10.2 Å². The lowest BCUT2D eigenvalue weighted by Gasteiger charge is -2.22. The van der Waals surface area contributed by atoms with E-state index in [1.54, 1.807) is 11.3 Å². The van der Waals surface area contributed by atoms with Gasteiger partial charge in [-0.25, -0.2) is 4.98 Å². The Morgan fingerprint density at radius 2 is 1.63 bits per heavy atom. The maximum Gasteiger partial charge on any atom is 0.233 e. The summed E-state index contributed by atoms with van der Waals surface area (Å²) in [6, 6.07) is 10.6. The minimum Gasteiger partial charge on any atom is -0.309 e. The van der Waals surface area contributed by atoms with Crippen LogP contribution in [0.2, 0.25) is 0 Å². The van der Waals surface area contributed by atoms with Gasteiger partial charge >= 0.3 is 0 Å². The summed E-state index contributed by atoms with van der Waals surface area (Å²) in [6.45, 7) is 10.00. The van der Waals surface area contributed by atoms with Gasteiger partial charge in [-0.05, 0) is 89.1 Å². The highest BCUT2D eigenvalue weighted by atomic mass is 35.5. The summed E-state index contributed by atoms with van der Waals surface area (Å²) in [4.78, 5) is 22.2. The fourth-order valence-electron chi connectivity index (χ4n) is 3.74. The molecule has 0 fully saturated rings. The summed E-state index contributed by atoms with van der Waals surface area (Å²) < 4.78 is 1.13. The van der Waals surface area contributed by atoms with Gasteiger partial charge < -0.3 is 4.90 Å². The number of thiazole rings is 1. The van der Waals surface area contributed by atoms with Crippen molar-refractivity contribution in [1.29, 1.82) is 0 Å². The van der Waals surface area contributed by atoms with Crippen molar-refractivity contribution in [3.8, 4) is 0 Å². The molecule has 3 rings (SSSR count). The predicted molar refractivity (Wildman–Crippen MR) is 131 cm³/mol. The number of carbonyl (C=O) groups is 1. The molecule has 1 aromatic heterocycles. The molecule has 3 aromatic rings. The van der Waals surface area contributed by atoms with Crippen molar-refractivity contribution in [2.45, 2.75) is 40.5 Å². The summed E-state index contributed by atoms with van der Waals surface area (Å²) in [5.41, 5.74) is 6.91. The summed E-state index contributed by atoms with van der Waals surface area (Å²) in [5.74, 6) is 0.120. The first-order valence-corrected chi connectivity index (χ1v) is 11.0. The van der Waals surface area contributed by atoms with Crippen LogP contribution in [0.3, 0.4) is 0 Å². The van der Waals surface area contributed by atoms with Crippen LogP contribution in [0.4, 0.5) is 5.13 Å². The zero-order valence-corrected chi connectivity index (χ0v) is 20.4. The zero-order chi connectivity index (χ0) is 21.1. The first-order valence-electron chi connectivity index (χ1n) is 10.1. The highest BCUT2D eigenvalue weighted by Gasteiger charge is 2.21. The third-order valence-corrected chi connectivity index (χ3v) is 6.26. The van der Waals surface area contributed by atoms with E-state index in [2.05, 4.69) is 71.0 Å². The molecule has 0 saturated carbocycles. The summed E-state index contributed by atoms with van der Waals surface area (Å²) in [6.07, 6.45) is 1.33. The molecule has 0 unspecified atom stereocenters. The van der Waals surface area contributed by atoms with Gasteiger partial charge in [0.25, 0.3) is 0 Å². The Labute approximate surface area is 190 Å². The molecule has 0 saturated heterocycles. The molecular weight excluding hydrogens is 414 g/mol. The van der Waals surface area contributed by atoms with Gasteiger partial charge in [0.1, 0.15) is 0 Å². The zero-order valence-electron chi connectivity index (χ0n) is 18.8. The van der Waals surface area contributed by atoms with Crippen LogP contribution in [0.15, 0.2) is 30.3 Å². The average Bonchev–Trinajstić information content (AvgIpc) is 3.03. The molecule has 0 spiro atoms. The normalized spacial score (nSPS) is 11.0. The van der Waals surface area contributed by atoms with Gasteiger partial charge in [-0.1, -0.05) is 35.1 Å². The van der Waals surface area contributed by atoms with Crippen molar-refractivity contribution in [2.24, 2.45) is 0 Å². The highest BCUT2D eigenvalue weighted by Crippen LogP contribution is 2.30. The van der Waals surface area contributed by atoms with Crippen molar-refractivity contribution in [2.75, 3.05) is 32.1 Å². The fraction of sp³-hybridized carbons (Fsp3) is 0.417. The van der Waals surface area contributed by atoms with Gasteiger partial charge in [-0.2, -0.15) is 0 Å². The van der Waals surface area contributed by atoms with Crippen molar-refractivity contribution in [1.82, 2.24) is 9.88 Å². The Bertz CT molecular complexity index is 1010. The van der Waals surface area contributed by atoms with E-state index >= 15 is 0 Å². The molecule has 4 nitrogen and oxygen atoms in total. The van der Waals surface area contributed by atoms with Crippen molar-refractivity contribution >= 4 is 45.0 Å². The predicted octanol–water partition coefficient (Wildman–Crippen LogP) is 5.48. The minimum absolute atomic E-state index is 0. The molecule has 0 N–H and O–H groups in total. The van der Waals surface area contributed by atoms with Crippen LogP contribution in [0.1, 0.15) is 34.2 Å². The monoisotopic (exact) mass is 445 g/mol. The van der Waals surface area contributed by atoms with E-state index in [0.29, 0.717) is 13.0 Å². The fourth-order valence-corrected chi connectivity index (χ4v) is 4.85. The molecule has 6 heteroatoms. The molecule has 162 valence electrons. The lowest BCUT2D eigenvalue weighted by atomic mass is 9.97. The molecule has 0 atom stereocenters. The van der Waals surface area contributed by atoms with Crippen LogP contribution < -0.4 is 4.90 Å². The van der Waals surface area contributed by atoms with Crippen molar-refractivity contribution < 1.29 is 4.79 Å². The smallest absolute Gasteiger partial charge is 0.233 e. The summed E-state index contributed by atoms with van der Waals surface area (Å²) in [7, 11) is 4.12. The number of amides is 1. The van der Waals surface area contributed by atoms with E-state index in [1.165, 1.54) is 22.3 Å². The number of anilines is 1. The maximum absolute atomic E-state index is 13.4. The van der Waals surface area contributed by atoms with Crippen molar-refractivity contribution in [3.05, 3.63) is 58.1 Å². The third kappa shape index (κ3) is 5.81. The number of hydrogen-bond donors (Lipinski definition) is 0. The van der Waals surface area contributed by atoms with Gasteiger partial charge in [0.15, 0.2) is 5.13 Å². The summed E-state index contributed by atoms with van der Waals surface area (Å²) in [5, 5.41) is 0.803. The van der Waals surface area contributed by atoms with E-state index < -0.39 is 0 Å². The molecule has 0 bridgehead atoms. The molecule has 0 aliphatic rings. The molecular formula is C24H32ClN3OS. The second kappa shape index (κ2) is 10.4. The lowest BCUT2D eigenvalue weighted by molar-refractivity contribution is -0.118. The van der Waals surface area contributed by atoms with Gasteiger partial charge in [-0.3, -0.25) is 9.69 Å². The van der Waals surface area contributed by atoms with E-state index in [-0.39, 0.29) is 18.3 Å². The van der Waals surface area contributed by atoms with E-state index in [0.717, 1.165) is 33.9 Å². The molecule has 0 aliphatic heterocycles. The Morgan fingerprint density at radius 3 is 2.27 bits per heavy atom. The number of benzene rings is 2. The lowest BCUT2D eigenvalue weighted by Crippen LogP contribution is -2.34. The van der Waals surface area contributed by atoms with E-state index in [1.807, 2.05) is 11.0 Å². The number of halogens is 1. The van der Waals surface area contributed by atoms with E-state index in [9.17, 15) is 4.79 Å². The van der Waals surface area contributed by atoms with Crippen LogP contribution in [0, 0.1) is 27.7 Å². The van der Waals surface area contributed by atoms with Gasteiger partial charge in [0, 0.05) is 6.54 Å². The Balaban J connectivity index is 0.00000320. The second-order valence-corrected chi connectivity index (χ2v) is 9.23. The van der Waals surface area contributed by atoms with Gasteiger partial charge in [0.2, 0.25) is 5.91 Å². The van der Waals surface area contributed by atoms with E-state index in [4.69, 9.17) is 4.98 Å². The van der Waals surface area contributed by atoms with Crippen LogP contribution in [-0.4, -0.2) is 43.0 Å². The molecule has 1 heterocycles. The first kappa shape index (κ1) is 24.3. The topological polar surface area (TPSA) is 36.4 Å². The maximum atomic E-state index is 13.4. The third-order valence-electron chi connectivity index (χ3n) is 5.22. The van der Waals surface area contributed by atoms with Gasteiger partial charge in [0.05, 0.1) is 16.6 Å². The number of aromatic nitrogens is 1. The molecule has 0 aliphatic carbocycles. The second-order valence-electron chi connectivity index (χ2n) is 8.22. The SMILES string of the molecule is Cc1cc(C)c(CC(=O)N(CCCN(C)C)c2nc3ccc(C)cc3s2)c(C)c1.Cl. The number of carbonyl (C=O) groups excluding carboxylic acids is 1. The van der Waals surface area contributed by atoms with Crippen LogP contribution in [0.5, 0.6) is 0 Å². The number of fused-ring (bicyclic) bond motifs is 1. The average molecular weight is 446 g/mol. The first-order chi connectivity index (χ1) is 13.7. The highest BCUT2D eigenvalue weighted by molar-refractivity contribution is 7.22. The number of nitrogens with zero attached hydrogens (tertiary/aromatic N) is 3. The molecule has 30 heavy (non-hydrogen) atoms. The molecule has 1 amide bonds. The van der Waals surface area contributed by atoms with Crippen LogP contribution >= 0.6 is 23.7 Å². The largest absolute Gasteiger partial charge is 0.309 e. The Morgan fingerprint density at radius 1 is 0.967 bits per heavy atom.